The summed E-state index contributed by atoms with van der Waals surface area (Å²) in [5, 5.41) is 10.8. The van der Waals surface area contributed by atoms with Crippen LogP contribution in [0.2, 0.25) is 0 Å². The number of aliphatic hydroxyl groups is 1. The van der Waals surface area contributed by atoms with Gasteiger partial charge in [-0.3, -0.25) is 0 Å². The van der Waals surface area contributed by atoms with E-state index in [2.05, 4.69) is 62.4 Å². The van der Waals surface area contributed by atoms with Gasteiger partial charge in [-0.15, -0.1) is 0 Å². The first-order valence-corrected chi connectivity index (χ1v) is 8.02. The summed E-state index contributed by atoms with van der Waals surface area (Å²) < 4.78 is 0. The lowest BCUT2D eigenvalue weighted by atomic mass is 9.78. The number of aryl methyl sites for hydroxylation is 1. The van der Waals surface area contributed by atoms with E-state index < -0.39 is 6.10 Å². The van der Waals surface area contributed by atoms with Crippen molar-refractivity contribution in [2.75, 3.05) is 0 Å². The van der Waals surface area contributed by atoms with E-state index in [1.165, 1.54) is 23.1 Å². The van der Waals surface area contributed by atoms with E-state index in [9.17, 15) is 5.11 Å². The maximum absolute atomic E-state index is 10.8. The van der Waals surface area contributed by atoms with Gasteiger partial charge in [-0.05, 0) is 47.4 Å². The van der Waals surface area contributed by atoms with Gasteiger partial charge in [0.15, 0.2) is 0 Å². The Bertz CT molecular complexity index is 597. The zero-order valence-corrected chi connectivity index (χ0v) is 12.9. The van der Waals surface area contributed by atoms with Gasteiger partial charge in [-0.1, -0.05) is 62.4 Å². The first-order chi connectivity index (χ1) is 10.2. The summed E-state index contributed by atoms with van der Waals surface area (Å²) in [4.78, 5) is 0. The summed E-state index contributed by atoms with van der Waals surface area (Å²) in [5.41, 5.74) is 5.12. The predicted octanol–water partition coefficient (Wildman–Crippen LogP) is 4.96. The Morgan fingerprint density at radius 2 is 1.62 bits per heavy atom. The summed E-state index contributed by atoms with van der Waals surface area (Å²) in [5.74, 6) is 0.770. The van der Waals surface area contributed by atoms with E-state index in [0.29, 0.717) is 5.92 Å². The molecule has 0 saturated heterocycles. The van der Waals surface area contributed by atoms with Crippen molar-refractivity contribution < 1.29 is 5.11 Å². The standard InChI is InChI=1S/C20H24O/c1-14(2)15-10-12-17(13-11-15)20(21)19-9-5-7-16-6-3-4-8-18(16)19/h3-4,6,8,10-14,19-21H,5,7,9H2,1-2H3. The second-order valence-electron chi connectivity index (χ2n) is 6.46. The average Bonchev–Trinajstić information content (AvgIpc) is 2.53. The van der Waals surface area contributed by atoms with Crippen LogP contribution in [0, 0.1) is 0 Å². The lowest BCUT2D eigenvalue weighted by Gasteiger charge is -2.29. The van der Waals surface area contributed by atoms with Crippen LogP contribution in [0.25, 0.3) is 0 Å². The zero-order valence-electron chi connectivity index (χ0n) is 12.9. The Morgan fingerprint density at radius 1 is 0.952 bits per heavy atom. The molecule has 0 spiro atoms. The SMILES string of the molecule is CC(C)c1ccc(C(O)C2CCCc3ccccc32)cc1. The third kappa shape index (κ3) is 2.89. The van der Waals surface area contributed by atoms with Crippen LogP contribution in [-0.2, 0) is 6.42 Å². The second kappa shape index (κ2) is 6.03. The van der Waals surface area contributed by atoms with Crippen molar-refractivity contribution in [2.45, 2.75) is 51.0 Å². The van der Waals surface area contributed by atoms with Crippen molar-refractivity contribution in [1.29, 1.82) is 0 Å². The van der Waals surface area contributed by atoms with Crippen LogP contribution in [-0.4, -0.2) is 5.11 Å². The molecule has 0 aliphatic heterocycles. The minimum atomic E-state index is -0.396. The molecule has 1 aliphatic carbocycles. The summed E-state index contributed by atoms with van der Waals surface area (Å²) in [6, 6.07) is 17.1. The predicted molar refractivity (Wildman–Crippen MR) is 87.6 cm³/mol. The van der Waals surface area contributed by atoms with Crippen LogP contribution in [0.15, 0.2) is 48.5 Å². The third-order valence-electron chi connectivity index (χ3n) is 4.74. The van der Waals surface area contributed by atoms with Crippen molar-refractivity contribution in [3.63, 3.8) is 0 Å². The molecule has 21 heavy (non-hydrogen) atoms. The van der Waals surface area contributed by atoms with Gasteiger partial charge in [-0.2, -0.15) is 0 Å². The van der Waals surface area contributed by atoms with Gasteiger partial charge in [-0.25, -0.2) is 0 Å². The van der Waals surface area contributed by atoms with Crippen LogP contribution >= 0.6 is 0 Å². The third-order valence-corrected chi connectivity index (χ3v) is 4.74. The highest BCUT2D eigenvalue weighted by atomic mass is 16.3. The van der Waals surface area contributed by atoms with E-state index >= 15 is 0 Å². The molecule has 0 bridgehead atoms. The molecular formula is C20H24O. The van der Waals surface area contributed by atoms with Gasteiger partial charge in [0.25, 0.3) is 0 Å². The van der Waals surface area contributed by atoms with Crippen LogP contribution in [0.4, 0.5) is 0 Å². The van der Waals surface area contributed by atoms with Crippen molar-refractivity contribution in [3.8, 4) is 0 Å². The molecule has 1 aliphatic rings. The van der Waals surface area contributed by atoms with E-state index in [1.54, 1.807) is 0 Å². The topological polar surface area (TPSA) is 20.2 Å². The fourth-order valence-corrected chi connectivity index (χ4v) is 3.43. The van der Waals surface area contributed by atoms with E-state index in [4.69, 9.17) is 0 Å². The number of aliphatic hydroxyl groups excluding tert-OH is 1. The Kier molecular flexibility index (Phi) is 4.12. The van der Waals surface area contributed by atoms with Gasteiger partial charge in [0, 0.05) is 5.92 Å². The molecule has 2 aromatic rings. The molecule has 2 aromatic carbocycles. The molecule has 110 valence electrons. The summed E-state index contributed by atoms with van der Waals surface area (Å²) in [6.45, 7) is 4.39. The minimum absolute atomic E-state index is 0.236. The van der Waals surface area contributed by atoms with Crippen molar-refractivity contribution in [2.24, 2.45) is 0 Å². The molecule has 2 atom stereocenters. The van der Waals surface area contributed by atoms with E-state index in [-0.39, 0.29) is 5.92 Å². The first kappa shape index (κ1) is 14.3. The highest BCUT2D eigenvalue weighted by Crippen LogP contribution is 2.40. The van der Waals surface area contributed by atoms with E-state index in [1.807, 2.05) is 0 Å². The van der Waals surface area contributed by atoms with Gasteiger partial charge in [0.1, 0.15) is 0 Å². The van der Waals surface area contributed by atoms with Gasteiger partial charge in [0.05, 0.1) is 6.10 Å². The quantitative estimate of drug-likeness (QED) is 0.842. The molecule has 0 fully saturated rings. The number of fused-ring (bicyclic) bond motifs is 1. The Morgan fingerprint density at radius 3 is 2.33 bits per heavy atom. The maximum Gasteiger partial charge on any atom is 0.0858 e. The van der Waals surface area contributed by atoms with Crippen LogP contribution in [0.3, 0.4) is 0 Å². The lowest BCUT2D eigenvalue weighted by molar-refractivity contribution is 0.136. The lowest BCUT2D eigenvalue weighted by Crippen LogP contribution is -2.17. The molecule has 3 rings (SSSR count). The summed E-state index contributed by atoms with van der Waals surface area (Å²) in [7, 11) is 0. The first-order valence-electron chi connectivity index (χ1n) is 8.02. The van der Waals surface area contributed by atoms with Crippen LogP contribution < -0.4 is 0 Å². The van der Waals surface area contributed by atoms with E-state index in [0.717, 1.165) is 18.4 Å². The number of hydrogen-bond acceptors (Lipinski definition) is 1. The van der Waals surface area contributed by atoms with Crippen molar-refractivity contribution in [3.05, 3.63) is 70.8 Å². The molecule has 2 unspecified atom stereocenters. The monoisotopic (exact) mass is 280 g/mol. The number of benzene rings is 2. The molecule has 0 heterocycles. The summed E-state index contributed by atoms with van der Waals surface area (Å²) >= 11 is 0. The maximum atomic E-state index is 10.8. The molecule has 1 nitrogen and oxygen atoms in total. The van der Waals surface area contributed by atoms with Gasteiger partial charge >= 0.3 is 0 Å². The molecule has 0 amide bonds. The fraction of sp³-hybridized carbons (Fsp3) is 0.400. The largest absolute Gasteiger partial charge is 0.388 e. The van der Waals surface area contributed by atoms with Crippen LogP contribution in [0.5, 0.6) is 0 Å². The second-order valence-corrected chi connectivity index (χ2v) is 6.46. The molecule has 1 heteroatoms. The van der Waals surface area contributed by atoms with Crippen LogP contribution in [0.1, 0.15) is 66.9 Å². The molecule has 0 aromatic heterocycles. The highest BCUT2D eigenvalue weighted by Gasteiger charge is 2.27. The van der Waals surface area contributed by atoms with Gasteiger partial charge in [0.2, 0.25) is 0 Å². The molecule has 1 N–H and O–H groups in total. The minimum Gasteiger partial charge on any atom is -0.388 e. The highest BCUT2D eigenvalue weighted by molar-refractivity contribution is 5.36. The normalized spacial score (nSPS) is 19.3. The average molecular weight is 280 g/mol. The molecule has 0 radical (unpaired) electrons. The number of rotatable bonds is 3. The number of hydrogen-bond donors (Lipinski definition) is 1. The Labute approximate surface area is 127 Å². The van der Waals surface area contributed by atoms with Crippen molar-refractivity contribution in [1.82, 2.24) is 0 Å². The smallest absolute Gasteiger partial charge is 0.0858 e. The fourth-order valence-electron chi connectivity index (χ4n) is 3.43. The summed E-state index contributed by atoms with van der Waals surface area (Å²) in [6.07, 6.45) is 2.99. The van der Waals surface area contributed by atoms with Gasteiger partial charge < -0.3 is 5.11 Å². The Hall–Kier alpha value is -1.60. The molecule has 0 saturated carbocycles. The Balaban J connectivity index is 1.87. The molecular weight excluding hydrogens is 256 g/mol. The van der Waals surface area contributed by atoms with Crippen molar-refractivity contribution >= 4 is 0 Å². The zero-order chi connectivity index (χ0) is 14.8.